The third-order valence-electron chi connectivity index (χ3n) is 3.96. The number of para-hydroxylation sites is 1. The number of methoxy groups -OCH3 is 1. The topological polar surface area (TPSA) is 30.5 Å². The molecule has 22 heavy (non-hydrogen) atoms. The van der Waals surface area contributed by atoms with Crippen LogP contribution in [-0.2, 0) is 19.5 Å². The Labute approximate surface area is 132 Å². The second-order valence-corrected chi connectivity index (χ2v) is 6.40. The summed E-state index contributed by atoms with van der Waals surface area (Å²) in [6.07, 6.45) is 0.975. The van der Waals surface area contributed by atoms with Crippen molar-refractivity contribution >= 4 is 0 Å². The van der Waals surface area contributed by atoms with Gasteiger partial charge in [-0.15, -0.1) is 0 Å². The van der Waals surface area contributed by atoms with Crippen LogP contribution >= 0.6 is 0 Å². The van der Waals surface area contributed by atoms with E-state index in [0.717, 1.165) is 31.0 Å². The van der Waals surface area contributed by atoms with Gasteiger partial charge in [0.15, 0.2) is 0 Å². The molecule has 0 bridgehead atoms. The van der Waals surface area contributed by atoms with E-state index in [2.05, 4.69) is 43.4 Å². The van der Waals surface area contributed by atoms with Gasteiger partial charge in [0, 0.05) is 25.1 Å². The molecule has 0 atom stereocenters. The van der Waals surface area contributed by atoms with Gasteiger partial charge in [-0.25, -0.2) is 0 Å². The molecule has 1 N–H and O–H groups in total. The maximum atomic E-state index is 5.92. The van der Waals surface area contributed by atoms with Gasteiger partial charge < -0.3 is 14.8 Å². The lowest BCUT2D eigenvalue weighted by Gasteiger charge is -2.16. The molecule has 2 aromatic carbocycles. The average Bonchev–Trinajstić information content (AvgIpc) is 2.81. The fourth-order valence-electron chi connectivity index (χ4n) is 2.96. The average molecular weight is 297 g/mol. The number of hydrogen-bond donors (Lipinski definition) is 1. The molecule has 0 amide bonds. The lowest BCUT2D eigenvalue weighted by molar-refractivity contribution is 0.138. The molecular weight excluding hydrogens is 274 g/mol. The zero-order valence-electron chi connectivity index (χ0n) is 13.5. The van der Waals surface area contributed by atoms with Crippen molar-refractivity contribution in [2.75, 3.05) is 7.11 Å². The van der Waals surface area contributed by atoms with Crippen molar-refractivity contribution in [3.63, 3.8) is 0 Å². The van der Waals surface area contributed by atoms with Gasteiger partial charge in [-0.1, -0.05) is 30.3 Å². The maximum absolute atomic E-state index is 5.92. The molecular formula is C19H23NO2. The fourth-order valence-corrected chi connectivity index (χ4v) is 2.96. The van der Waals surface area contributed by atoms with Gasteiger partial charge >= 0.3 is 0 Å². The van der Waals surface area contributed by atoms with Crippen molar-refractivity contribution in [2.45, 2.75) is 39.0 Å². The lowest BCUT2D eigenvalue weighted by Crippen LogP contribution is -2.24. The third-order valence-corrected chi connectivity index (χ3v) is 3.96. The lowest BCUT2D eigenvalue weighted by atomic mass is 10.0. The summed E-state index contributed by atoms with van der Waals surface area (Å²) in [5, 5.41) is 3.48. The van der Waals surface area contributed by atoms with Gasteiger partial charge in [-0.3, -0.25) is 0 Å². The molecule has 3 rings (SSSR count). The molecule has 1 heterocycles. The minimum Gasteiger partial charge on any atom is -0.496 e. The van der Waals surface area contributed by atoms with E-state index in [0.29, 0.717) is 0 Å². The minimum atomic E-state index is -0.0776. The first kappa shape index (κ1) is 14.9. The monoisotopic (exact) mass is 297 g/mol. The van der Waals surface area contributed by atoms with Gasteiger partial charge in [0.2, 0.25) is 0 Å². The van der Waals surface area contributed by atoms with Crippen LogP contribution in [0.25, 0.3) is 0 Å². The summed E-state index contributed by atoms with van der Waals surface area (Å²) < 4.78 is 11.3. The Bertz CT molecular complexity index is 664. The quantitative estimate of drug-likeness (QED) is 0.913. The summed E-state index contributed by atoms with van der Waals surface area (Å²) in [5.74, 6) is 1.96. The summed E-state index contributed by atoms with van der Waals surface area (Å²) in [5.41, 5.74) is 3.69. The van der Waals surface area contributed by atoms with Gasteiger partial charge in [-0.05, 0) is 37.1 Å². The molecule has 1 aliphatic heterocycles. The number of nitrogens with one attached hydrogen (secondary N) is 1. The number of rotatable bonds is 5. The van der Waals surface area contributed by atoms with Crippen LogP contribution in [0.2, 0.25) is 0 Å². The van der Waals surface area contributed by atoms with Crippen LogP contribution in [0.1, 0.15) is 30.5 Å². The molecule has 2 aromatic rings. The van der Waals surface area contributed by atoms with E-state index >= 15 is 0 Å². The minimum absolute atomic E-state index is 0.0776. The summed E-state index contributed by atoms with van der Waals surface area (Å²) >= 11 is 0. The molecule has 3 heteroatoms. The molecule has 0 unspecified atom stereocenters. The van der Waals surface area contributed by atoms with E-state index in [-0.39, 0.29) is 5.60 Å². The first-order valence-corrected chi connectivity index (χ1v) is 7.71. The number of benzene rings is 2. The van der Waals surface area contributed by atoms with Gasteiger partial charge in [0.25, 0.3) is 0 Å². The highest BCUT2D eigenvalue weighted by atomic mass is 16.5. The molecule has 0 radical (unpaired) electrons. The molecule has 0 aromatic heterocycles. The normalized spacial score (nSPS) is 15.2. The van der Waals surface area contributed by atoms with Crippen LogP contribution in [0.4, 0.5) is 0 Å². The molecule has 0 saturated heterocycles. The van der Waals surface area contributed by atoms with Crippen molar-refractivity contribution < 1.29 is 9.47 Å². The van der Waals surface area contributed by atoms with Crippen LogP contribution in [0.15, 0.2) is 42.5 Å². The number of fused-ring (bicyclic) bond motifs is 1. The van der Waals surface area contributed by atoms with Crippen LogP contribution in [0, 0.1) is 0 Å². The Morgan fingerprint density at radius 3 is 2.77 bits per heavy atom. The van der Waals surface area contributed by atoms with Crippen LogP contribution in [0.3, 0.4) is 0 Å². The zero-order chi connectivity index (χ0) is 15.6. The largest absolute Gasteiger partial charge is 0.496 e. The molecule has 0 aliphatic carbocycles. The van der Waals surface area contributed by atoms with E-state index in [1.807, 2.05) is 18.2 Å². The highest BCUT2D eigenvalue weighted by molar-refractivity contribution is 5.42. The zero-order valence-corrected chi connectivity index (χ0v) is 13.5. The van der Waals surface area contributed by atoms with Crippen LogP contribution < -0.4 is 14.8 Å². The second-order valence-electron chi connectivity index (χ2n) is 6.40. The molecule has 116 valence electrons. The molecule has 0 fully saturated rings. The second kappa shape index (κ2) is 6.01. The van der Waals surface area contributed by atoms with E-state index in [1.165, 1.54) is 16.7 Å². The van der Waals surface area contributed by atoms with Crippen LogP contribution in [0.5, 0.6) is 11.5 Å². The van der Waals surface area contributed by atoms with Crippen molar-refractivity contribution in [3.05, 3.63) is 59.2 Å². The van der Waals surface area contributed by atoms with Crippen molar-refractivity contribution in [2.24, 2.45) is 0 Å². The summed E-state index contributed by atoms with van der Waals surface area (Å²) in [7, 11) is 1.71. The van der Waals surface area contributed by atoms with E-state index in [4.69, 9.17) is 9.47 Å². The van der Waals surface area contributed by atoms with Crippen molar-refractivity contribution in [3.8, 4) is 11.5 Å². The molecule has 3 nitrogen and oxygen atoms in total. The number of hydrogen-bond acceptors (Lipinski definition) is 3. The molecule has 0 spiro atoms. The van der Waals surface area contributed by atoms with E-state index in [1.54, 1.807) is 7.11 Å². The van der Waals surface area contributed by atoms with Gasteiger partial charge in [-0.2, -0.15) is 0 Å². The highest BCUT2D eigenvalue weighted by Gasteiger charge is 2.29. The Hall–Kier alpha value is -2.00. The van der Waals surface area contributed by atoms with E-state index in [9.17, 15) is 0 Å². The van der Waals surface area contributed by atoms with Gasteiger partial charge in [0.1, 0.15) is 17.1 Å². The Balaban J connectivity index is 1.61. The summed E-state index contributed by atoms with van der Waals surface area (Å²) in [4.78, 5) is 0. The Morgan fingerprint density at radius 2 is 1.95 bits per heavy atom. The first-order chi connectivity index (χ1) is 10.6. The summed E-state index contributed by atoms with van der Waals surface area (Å²) in [6, 6.07) is 14.6. The molecule has 0 saturated carbocycles. The Kier molecular flexibility index (Phi) is 4.08. The number of ether oxygens (including phenoxy) is 2. The summed E-state index contributed by atoms with van der Waals surface area (Å²) in [6.45, 7) is 5.90. The van der Waals surface area contributed by atoms with Crippen molar-refractivity contribution in [1.29, 1.82) is 0 Å². The predicted molar refractivity (Wildman–Crippen MR) is 88.4 cm³/mol. The predicted octanol–water partition coefficient (Wildman–Crippen LogP) is 3.70. The van der Waals surface area contributed by atoms with Gasteiger partial charge in [0.05, 0.1) is 7.11 Å². The SMILES string of the molecule is COc1ccccc1CNCc1ccc2c(c1)CC(C)(C)O2. The highest BCUT2D eigenvalue weighted by Crippen LogP contribution is 2.35. The third kappa shape index (κ3) is 3.25. The smallest absolute Gasteiger partial charge is 0.123 e. The first-order valence-electron chi connectivity index (χ1n) is 7.71. The molecule has 1 aliphatic rings. The van der Waals surface area contributed by atoms with Crippen molar-refractivity contribution in [1.82, 2.24) is 5.32 Å². The standard InChI is InChI=1S/C19H23NO2/c1-19(2)11-16-10-14(8-9-18(16)22-19)12-20-13-15-6-4-5-7-17(15)21-3/h4-10,20H,11-13H2,1-3H3. The maximum Gasteiger partial charge on any atom is 0.123 e. The van der Waals surface area contributed by atoms with E-state index < -0.39 is 0 Å². The fraction of sp³-hybridized carbons (Fsp3) is 0.368. The Morgan fingerprint density at radius 1 is 1.14 bits per heavy atom. The van der Waals surface area contributed by atoms with Crippen LogP contribution in [-0.4, -0.2) is 12.7 Å².